The van der Waals surface area contributed by atoms with Gasteiger partial charge in [0.15, 0.2) is 11.2 Å². The van der Waals surface area contributed by atoms with Crippen LogP contribution in [0.4, 0.5) is 34.1 Å². The Kier molecular flexibility index (Phi) is 9.91. The van der Waals surface area contributed by atoms with Crippen molar-refractivity contribution in [2.24, 2.45) is 0 Å². The van der Waals surface area contributed by atoms with Crippen LogP contribution < -0.4 is 9.80 Å². The van der Waals surface area contributed by atoms with Crippen LogP contribution in [0.3, 0.4) is 0 Å². The summed E-state index contributed by atoms with van der Waals surface area (Å²) in [5.41, 5.74) is 19.7. The third kappa shape index (κ3) is 6.47. The van der Waals surface area contributed by atoms with E-state index in [1.54, 1.807) is 0 Å². The van der Waals surface area contributed by atoms with Gasteiger partial charge in [-0.05, 0) is 117 Å². The van der Waals surface area contributed by atoms with Crippen molar-refractivity contribution >= 4 is 56.3 Å². The summed E-state index contributed by atoms with van der Waals surface area (Å²) in [6, 6.07) is 99.6. The van der Waals surface area contributed by atoms with Crippen LogP contribution in [0.15, 0.2) is 288 Å². The van der Waals surface area contributed by atoms with E-state index in [0.29, 0.717) is 34.0 Å². The first kappa shape index (κ1) is 43.5. The number of nitrogens with zero attached hydrogens (tertiary/aromatic N) is 4. The molecule has 0 saturated heterocycles. The maximum atomic E-state index is 6.50. The van der Waals surface area contributed by atoms with E-state index >= 15 is 0 Å². The van der Waals surface area contributed by atoms with Crippen molar-refractivity contribution in [3.63, 3.8) is 0 Å². The Balaban J connectivity index is 0.743. The molecule has 0 radical (unpaired) electrons. The van der Waals surface area contributed by atoms with Crippen molar-refractivity contribution in [2.75, 3.05) is 9.80 Å². The van der Waals surface area contributed by atoms with E-state index in [0.717, 1.165) is 45.3 Å². The number of anilines is 6. The average molecular weight is 975 g/mol. The van der Waals surface area contributed by atoms with Gasteiger partial charge in [0.1, 0.15) is 11.0 Å². The van der Waals surface area contributed by atoms with Gasteiger partial charge in [-0.2, -0.15) is 0 Å². The van der Waals surface area contributed by atoms with Gasteiger partial charge in [0.05, 0.1) is 33.6 Å². The fourth-order valence-corrected chi connectivity index (χ4v) is 12.5. The van der Waals surface area contributed by atoms with Gasteiger partial charge >= 0.3 is 0 Å². The molecule has 13 aromatic rings. The lowest BCUT2D eigenvalue weighted by Crippen LogP contribution is -2.37. The van der Waals surface area contributed by atoms with E-state index in [-0.39, 0.29) is 0 Å². The summed E-state index contributed by atoms with van der Waals surface area (Å²) in [5, 5.41) is 0. The van der Waals surface area contributed by atoms with Crippen molar-refractivity contribution in [3.8, 4) is 22.9 Å². The second-order valence-corrected chi connectivity index (χ2v) is 19.6. The summed E-state index contributed by atoms with van der Waals surface area (Å²) in [7, 11) is 0. The molecule has 15 rings (SSSR count). The summed E-state index contributed by atoms with van der Waals surface area (Å²) in [6.07, 6.45) is 0. The highest BCUT2D eigenvalue weighted by atomic mass is 16.4. The van der Waals surface area contributed by atoms with Crippen LogP contribution in [0.25, 0.3) is 45.1 Å². The van der Waals surface area contributed by atoms with Gasteiger partial charge in [0, 0.05) is 34.6 Å². The fourth-order valence-electron chi connectivity index (χ4n) is 12.5. The predicted molar refractivity (Wildman–Crippen MR) is 306 cm³/mol. The Hall–Kier alpha value is -10.0. The number of para-hydroxylation sites is 4. The van der Waals surface area contributed by atoms with Crippen molar-refractivity contribution in [3.05, 3.63) is 324 Å². The number of benzene rings is 11. The van der Waals surface area contributed by atoms with E-state index in [9.17, 15) is 0 Å². The third-order valence-corrected chi connectivity index (χ3v) is 15.7. The lowest BCUT2D eigenvalue weighted by atomic mass is 9.62. The molecule has 0 unspecified atom stereocenters. The van der Waals surface area contributed by atoms with Gasteiger partial charge in [-0.3, -0.25) is 0 Å². The Morgan fingerprint density at radius 1 is 0.276 bits per heavy atom. The highest BCUT2D eigenvalue weighted by molar-refractivity contribution is 5.94. The highest BCUT2D eigenvalue weighted by Crippen LogP contribution is 2.59. The Morgan fingerprint density at radius 3 is 0.829 bits per heavy atom. The maximum Gasteiger partial charge on any atom is 0.227 e. The van der Waals surface area contributed by atoms with Gasteiger partial charge in [0.25, 0.3) is 0 Å². The number of hydrogen-bond donors (Lipinski definition) is 0. The van der Waals surface area contributed by atoms with Crippen LogP contribution in [0.5, 0.6) is 0 Å². The topological polar surface area (TPSA) is 58.5 Å². The quantitative estimate of drug-likeness (QED) is 0.151. The maximum absolute atomic E-state index is 6.50. The smallest absolute Gasteiger partial charge is 0.227 e. The van der Waals surface area contributed by atoms with Crippen LogP contribution >= 0.6 is 0 Å². The molecule has 0 aliphatic carbocycles. The molecule has 11 aromatic carbocycles. The van der Waals surface area contributed by atoms with E-state index in [4.69, 9.17) is 18.8 Å². The lowest BCUT2D eigenvalue weighted by molar-refractivity contribution is 0.618. The first-order valence-corrected chi connectivity index (χ1v) is 25.8. The molecule has 358 valence electrons. The average Bonchev–Trinajstić information content (AvgIpc) is 4.15. The van der Waals surface area contributed by atoms with E-state index in [1.165, 1.54) is 44.5 Å². The van der Waals surface area contributed by atoms with Crippen molar-refractivity contribution < 1.29 is 8.83 Å². The van der Waals surface area contributed by atoms with Crippen LogP contribution in [0, 0.1) is 0 Å². The second-order valence-electron chi connectivity index (χ2n) is 19.6. The molecule has 2 aliphatic rings. The largest absolute Gasteiger partial charge is 0.436 e. The molecule has 2 aliphatic heterocycles. The molecule has 6 heteroatoms. The molecule has 4 heterocycles. The van der Waals surface area contributed by atoms with Gasteiger partial charge in [-0.15, -0.1) is 0 Å². The zero-order valence-electron chi connectivity index (χ0n) is 41.2. The first-order valence-electron chi connectivity index (χ1n) is 25.8. The third-order valence-electron chi connectivity index (χ3n) is 15.7. The van der Waals surface area contributed by atoms with Crippen molar-refractivity contribution in [2.45, 2.75) is 10.8 Å². The normalized spacial score (nSPS) is 13.9. The van der Waals surface area contributed by atoms with Crippen LogP contribution in [0.2, 0.25) is 0 Å². The molecule has 0 bridgehead atoms. The highest BCUT2D eigenvalue weighted by Gasteiger charge is 2.48. The van der Waals surface area contributed by atoms with E-state index in [2.05, 4.69) is 277 Å². The molecule has 2 aromatic heterocycles. The standard InChI is InChI=1S/C70H46N4O2/c1-5-21-49(22-6-1)69(50-23-7-2-8-24-50)55-29-13-17-33-61(55)73(62-34-18-14-30-56(62)69)53-41-37-47(38-42-53)67-71-59-45-66-60(46-65(59)75-67)72-68(76-66)48-39-43-54(44-40-48)74-63-35-19-15-31-57(63)70(51-25-9-3-10-26-51,52-27-11-4-12-28-52)58-32-16-20-36-64(58)74/h1-46H. The predicted octanol–water partition coefficient (Wildman–Crippen LogP) is 17.6. The zero-order chi connectivity index (χ0) is 50.2. The second kappa shape index (κ2) is 17.3. The molecule has 0 atom stereocenters. The number of aromatic nitrogens is 2. The monoisotopic (exact) mass is 974 g/mol. The molecular formula is C70H46N4O2. The molecule has 0 saturated carbocycles. The van der Waals surface area contributed by atoms with E-state index < -0.39 is 10.8 Å². The van der Waals surface area contributed by atoms with Crippen LogP contribution in [0.1, 0.15) is 44.5 Å². The van der Waals surface area contributed by atoms with Gasteiger partial charge in [0.2, 0.25) is 11.8 Å². The number of rotatable bonds is 8. The van der Waals surface area contributed by atoms with Gasteiger partial charge in [-0.1, -0.05) is 194 Å². The molecule has 0 fully saturated rings. The van der Waals surface area contributed by atoms with Gasteiger partial charge < -0.3 is 18.6 Å². The van der Waals surface area contributed by atoms with Gasteiger partial charge in [-0.25, -0.2) is 9.97 Å². The summed E-state index contributed by atoms with van der Waals surface area (Å²) in [5.74, 6) is 1.06. The minimum Gasteiger partial charge on any atom is -0.436 e. The molecule has 0 N–H and O–H groups in total. The first-order chi connectivity index (χ1) is 37.7. The molecule has 6 nitrogen and oxygen atoms in total. The minimum atomic E-state index is -0.528. The Labute approximate surface area is 440 Å². The molecule has 0 amide bonds. The Bertz CT molecular complexity index is 3780. The molecule has 76 heavy (non-hydrogen) atoms. The van der Waals surface area contributed by atoms with Crippen molar-refractivity contribution in [1.82, 2.24) is 9.97 Å². The van der Waals surface area contributed by atoms with E-state index in [1.807, 2.05) is 12.1 Å². The zero-order valence-corrected chi connectivity index (χ0v) is 41.2. The summed E-state index contributed by atoms with van der Waals surface area (Å²) in [4.78, 5) is 14.7. The summed E-state index contributed by atoms with van der Waals surface area (Å²) in [6.45, 7) is 0. The number of oxazole rings is 2. The Morgan fingerprint density at radius 2 is 0.539 bits per heavy atom. The minimum absolute atomic E-state index is 0.528. The fraction of sp³-hybridized carbons (Fsp3) is 0.0286. The lowest BCUT2D eigenvalue weighted by Gasteiger charge is -2.46. The molecular weight excluding hydrogens is 929 g/mol. The molecule has 0 spiro atoms. The number of hydrogen-bond acceptors (Lipinski definition) is 6. The van der Waals surface area contributed by atoms with Crippen molar-refractivity contribution in [1.29, 1.82) is 0 Å². The number of fused-ring (bicyclic) bond motifs is 6. The summed E-state index contributed by atoms with van der Waals surface area (Å²) < 4.78 is 13.0. The summed E-state index contributed by atoms with van der Waals surface area (Å²) >= 11 is 0. The van der Waals surface area contributed by atoms with Crippen LogP contribution in [-0.4, -0.2) is 9.97 Å². The SMILES string of the molecule is c1ccc(C2(c3ccccc3)c3ccccc3N(c3ccc(-c4nc5cc6oc(-c7ccc(N8c9ccccc9C(c9ccccc9)(c9ccccc9)c9ccccc98)cc7)nc6cc5o4)cc3)c3ccccc32)cc1. The van der Waals surface area contributed by atoms with Crippen LogP contribution in [-0.2, 0) is 10.8 Å².